The summed E-state index contributed by atoms with van der Waals surface area (Å²) in [5.41, 5.74) is 5.27. The van der Waals surface area contributed by atoms with Crippen LogP contribution in [0.25, 0.3) is 0 Å². The van der Waals surface area contributed by atoms with Crippen LogP contribution in [0.1, 0.15) is 19.3 Å². The predicted molar refractivity (Wildman–Crippen MR) is 41.9 cm³/mol. The van der Waals surface area contributed by atoms with E-state index in [0.29, 0.717) is 0 Å². The molecule has 0 saturated carbocycles. The normalized spacial score (nSPS) is 42.4. The van der Waals surface area contributed by atoms with Crippen molar-refractivity contribution >= 4 is 5.91 Å². The molecule has 0 aromatic carbocycles. The van der Waals surface area contributed by atoms with Gasteiger partial charge in [-0.15, -0.1) is 0 Å². The summed E-state index contributed by atoms with van der Waals surface area (Å²) in [5, 5.41) is 0. The summed E-state index contributed by atoms with van der Waals surface area (Å²) >= 11 is 0. The van der Waals surface area contributed by atoms with E-state index in [9.17, 15) is 4.79 Å². The molecule has 2 heterocycles. The third kappa shape index (κ3) is 1.13. The summed E-state index contributed by atoms with van der Waals surface area (Å²) in [6.07, 6.45) is 3.45. The van der Waals surface area contributed by atoms with Gasteiger partial charge in [-0.1, -0.05) is 0 Å². The highest BCUT2D eigenvalue weighted by Crippen LogP contribution is 2.30. The van der Waals surface area contributed by atoms with Gasteiger partial charge in [-0.25, -0.2) is 0 Å². The van der Waals surface area contributed by atoms with Crippen molar-refractivity contribution in [2.24, 2.45) is 11.7 Å². The molecule has 2 saturated heterocycles. The van der Waals surface area contributed by atoms with Crippen molar-refractivity contribution in [2.75, 3.05) is 13.1 Å². The van der Waals surface area contributed by atoms with Crippen LogP contribution in [0.15, 0.2) is 0 Å². The molecule has 3 atom stereocenters. The highest BCUT2D eigenvalue weighted by atomic mass is 16.1. The van der Waals surface area contributed by atoms with Gasteiger partial charge in [0.05, 0.1) is 6.04 Å². The van der Waals surface area contributed by atoms with Crippen LogP contribution in [-0.4, -0.2) is 29.9 Å². The van der Waals surface area contributed by atoms with Crippen molar-refractivity contribution in [1.82, 2.24) is 4.90 Å². The SMILES string of the molecule is NC(=O)C1CCC2CCN1C2. The molecule has 2 N–H and O–H groups in total. The lowest BCUT2D eigenvalue weighted by Gasteiger charge is -2.29. The number of hydrogen-bond acceptors (Lipinski definition) is 2. The molecule has 62 valence electrons. The third-order valence-corrected chi connectivity index (χ3v) is 2.93. The summed E-state index contributed by atoms with van der Waals surface area (Å²) in [5.74, 6) is 0.718. The molecule has 11 heavy (non-hydrogen) atoms. The fourth-order valence-corrected chi connectivity index (χ4v) is 2.28. The maximum atomic E-state index is 10.9. The Morgan fingerprint density at radius 2 is 2.18 bits per heavy atom. The molecular weight excluding hydrogens is 140 g/mol. The van der Waals surface area contributed by atoms with Gasteiger partial charge in [0.25, 0.3) is 0 Å². The molecule has 0 aromatic rings. The number of carbonyl (C=O) groups excluding carboxylic acids is 1. The Labute approximate surface area is 66.5 Å². The van der Waals surface area contributed by atoms with Gasteiger partial charge in [-0.3, -0.25) is 9.69 Å². The zero-order valence-corrected chi connectivity index (χ0v) is 6.62. The lowest BCUT2D eigenvalue weighted by Crippen LogP contribution is -2.45. The molecule has 2 rings (SSSR count). The number of rotatable bonds is 1. The van der Waals surface area contributed by atoms with Gasteiger partial charge in [0.1, 0.15) is 0 Å². The number of fused-ring (bicyclic) bond motifs is 2. The summed E-state index contributed by atoms with van der Waals surface area (Å²) < 4.78 is 0. The zero-order chi connectivity index (χ0) is 7.84. The lowest BCUT2D eigenvalue weighted by atomic mass is 9.96. The molecule has 0 radical (unpaired) electrons. The second-order valence-electron chi connectivity index (χ2n) is 3.65. The highest BCUT2D eigenvalue weighted by Gasteiger charge is 2.35. The van der Waals surface area contributed by atoms with E-state index in [1.54, 1.807) is 0 Å². The molecule has 0 aliphatic carbocycles. The van der Waals surface area contributed by atoms with E-state index in [4.69, 9.17) is 5.73 Å². The Morgan fingerprint density at radius 1 is 1.36 bits per heavy atom. The number of piperidine rings is 1. The fraction of sp³-hybridized carbons (Fsp3) is 0.875. The first-order chi connectivity index (χ1) is 5.27. The van der Waals surface area contributed by atoms with Gasteiger partial charge >= 0.3 is 0 Å². The molecule has 3 heteroatoms. The molecule has 2 aliphatic rings. The highest BCUT2D eigenvalue weighted by molar-refractivity contribution is 5.80. The number of nitrogens with two attached hydrogens (primary N) is 1. The van der Waals surface area contributed by atoms with Crippen LogP contribution in [0.5, 0.6) is 0 Å². The lowest BCUT2D eigenvalue weighted by molar-refractivity contribution is -0.123. The predicted octanol–water partition coefficient (Wildman–Crippen LogP) is -0.0440. The van der Waals surface area contributed by atoms with Crippen LogP contribution in [0, 0.1) is 5.92 Å². The Morgan fingerprint density at radius 3 is 2.91 bits per heavy atom. The summed E-state index contributed by atoms with van der Waals surface area (Å²) in [7, 11) is 0. The first-order valence-electron chi connectivity index (χ1n) is 4.31. The van der Waals surface area contributed by atoms with Gasteiger partial charge in [0.15, 0.2) is 0 Å². The quantitative estimate of drug-likeness (QED) is 0.576. The molecular formula is C8H14N2O. The van der Waals surface area contributed by atoms with E-state index in [0.717, 1.165) is 25.4 Å². The van der Waals surface area contributed by atoms with E-state index in [-0.39, 0.29) is 11.9 Å². The first kappa shape index (κ1) is 7.10. The minimum absolute atomic E-state index is 0.0498. The van der Waals surface area contributed by atoms with Crippen LogP contribution in [0.4, 0.5) is 0 Å². The van der Waals surface area contributed by atoms with Crippen LogP contribution in [-0.2, 0) is 4.79 Å². The number of amides is 1. The van der Waals surface area contributed by atoms with Gasteiger partial charge in [-0.05, 0) is 31.7 Å². The van der Waals surface area contributed by atoms with Crippen LogP contribution in [0.3, 0.4) is 0 Å². The fourth-order valence-electron chi connectivity index (χ4n) is 2.28. The van der Waals surface area contributed by atoms with Crippen molar-refractivity contribution in [2.45, 2.75) is 25.3 Å². The molecule has 2 aliphatic heterocycles. The second-order valence-corrected chi connectivity index (χ2v) is 3.65. The molecule has 0 spiro atoms. The third-order valence-electron chi connectivity index (χ3n) is 2.93. The Kier molecular flexibility index (Phi) is 1.60. The average Bonchev–Trinajstić information content (AvgIpc) is 2.32. The standard InChI is InChI=1S/C8H14N2O/c9-8(11)7-2-1-6-3-4-10(7)5-6/h6-7H,1-5H2,(H2,9,11). The number of carbonyl (C=O) groups is 1. The Hall–Kier alpha value is -0.570. The number of hydrogen-bond donors (Lipinski definition) is 1. The van der Waals surface area contributed by atoms with Gasteiger partial charge < -0.3 is 5.73 Å². The van der Waals surface area contributed by atoms with Gasteiger partial charge in [0.2, 0.25) is 5.91 Å². The Balaban J connectivity index is 2.07. The average molecular weight is 154 g/mol. The molecule has 2 bridgehead atoms. The minimum Gasteiger partial charge on any atom is -0.368 e. The maximum Gasteiger partial charge on any atom is 0.234 e. The number of nitrogens with zero attached hydrogens (tertiary/aromatic N) is 1. The first-order valence-corrected chi connectivity index (χ1v) is 4.31. The van der Waals surface area contributed by atoms with E-state index in [2.05, 4.69) is 4.90 Å². The molecule has 2 fully saturated rings. The van der Waals surface area contributed by atoms with E-state index in [1.807, 2.05) is 0 Å². The largest absolute Gasteiger partial charge is 0.368 e. The van der Waals surface area contributed by atoms with Crippen LogP contribution < -0.4 is 5.73 Å². The zero-order valence-electron chi connectivity index (χ0n) is 6.62. The van der Waals surface area contributed by atoms with Crippen LogP contribution >= 0.6 is 0 Å². The van der Waals surface area contributed by atoms with Crippen molar-refractivity contribution in [3.8, 4) is 0 Å². The molecule has 3 unspecified atom stereocenters. The van der Waals surface area contributed by atoms with Crippen LogP contribution in [0.2, 0.25) is 0 Å². The summed E-state index contributed by atoms with van der Waals surface area (Å²) in [4.78, 5) is 13.2. The molecule has 3 nitrogen and oxygen atoms in total. The molecule has 0 aromatic heterocycles. The Bertz CT molecular complexity index is 181. The monoisotopic (exact) mass is 154 g/mol. The van der Waals surface area contributed by atoms with Gasteiger partial charge in [0, 0.05) is 6.54 Å². The van der Waals surface area contributed by atoms with Crippen molar-refractivity contribution in [1.29, 1.82) is 0 Å². The second kappa shape index (κ2) is 2.48. The van der Waals surface area contributed by atoms with Crippen molar-refractivity contribution < 1.29 is 4.79 Å². The van der Waals surface area contributed by atoms with E-state index < -0.39 is 0 Å². The van der Waals surface area contributed by atoms with Crippen molar-refractivity contribution in [3.63, 3.8) is 0 Å². The minimum atomic E-state index is -0.134. The van der Waals surface area contributed by atoms with Gasteiger partial charge in [-0.2, -0.15) is 0 Å². The smallest absolute Gasteiger partial charge is 0.234 e. The van der Waals surface area contributed by atoms with E-state index in [1.165, 1.54) is 12.8 Å². The van der Waals surface area contributed by atoms with Crippen molar-refractivity contribution in [3.05, 3.63) is 0 Å². The number of primary amides is 1. The summed E-state index contributed by atoms with van der Waals surface area (Å²) in [6, 6.07) is 0.0498. The maximum absolute atomic E-state index is 10.9. The van der Waals surface area contributed by atoms with E-state index >= 15 is 0 Å². The molecule has 1 amide bonds. The summed E-state index contributed by atoms with van der Waals surface area (Å²) in [6.45, 7) is 2.19. The topological polar surface area (TPSA) is 46.3 Å².